The van der Waals surface area contributed by atoms with Crippen LogP contribution in [0.15, 0.2) is 24.4 Å². The van der Waals surface area contributed by atoms with Crippen molar-refractivity contribution in [2.45, 2.75) is 25.8 Å². The molecule has 0 radical (unpaired) electrons. The molecule has 35 heavy (non-hydrogen) atoms. The maximum atomic E-state index is 11.7. The van der Waals surface area contributed by atoms with E-state index in [4.69, 9.17) is 16.3 Å². The number of pyridine rings is 1. The van der Waals surface area contributed by atoms with E-state index in [0.717, 1.165) is 17.6 Å². The highest BCUT2D eigenvalue weighted by atomic mass is 35.5. The summed E-state index contributed by atoms with van der Waals surface area (Å²) < 4.78 is 33.0. The van der Waals surface area contributed by atoms with Crippen molar-refractivity contribution in [3.8, 4) is 17.7 Å². The van der Waals surface area contributed by atoms with Gasteiger partial charge in [0.15, 0.2) is 0 Å². The highest BCUT2D eigenvalue weighted by Gasteiger charge is 2.25. The second-order valence-electron chi connectivity index (χ2n) is 9.11. The minimum Gasteiger partial charge on any atom is -0.437 e. The van der Waals surface area contributed by atoms with Crippen molar-refractivity contribution in [3.05, 3.63) is 40.5 Å². The summed E-state index contributed by atoms with van der Waals surface area (Å²) in [6, 6.07) is 7.67. The van der Waals surface area contributed by atoms with Gasteiger partial charge >= 0.3 is 0 Å². The number of piperazine rings is 1. The molecule has 1 aliphatic carbocycles. The Bertz CT molecular complexity index is 1390. The topological polar surface area (TPSA) is 117 Å². The standard InChI is InChI=1S/C23H26ClN7O3S/c1-35(32,33)30-10-8-29(9-11-30)7-6-17-12-18(24)14-26-23(17)34-21-5-4-20-22(19(21)13-25)27-28-31(20)15-16-2-3-16/h4-5,12,14,16H,2-3,6-11,15H2,1H3. The second-order valence-corrected chi connectivity index (χ2v) is 11.5. The molecule has 2 aromatic heterocycles. The smallest absolute Gasteiger partial charge is 0.222 e. The number of rotatable bonds is 8. The zero-order valence-corrected chi connectivity index (χ0v) is 21.0. The van der Waals surface area contributed by atoms with Crippen LogP contribution in [0.2, 0.25) is 5.02 Å². The van der Waals surface area contributed by atoms with Gasteiger partial charge in [-0.2, -0.15) is 9.57 Å². The van der Waals surface area contributed by atoms with Gasteiger partial charge < -0.3 is 9.64 Å². The quantitative estimate of drug-likeness (QED) is 0.449. The molecule has 2 aliphatic rings. The van der Waals surface area contributed by atoms with Gasteiger partial charge in [-0.15, -0.1) is 5.10 Å². The number of aromatic nitrogens is 4. The molecule has 1 saturated carbocycles. The first-order valence-electron chi connectivity index (χ1n) is 11.6. The Labute approximate surface area is 209 Å². The number of sulfonamides is 1. The van der Waals surface area contributed by atoms with Crippen LogP contribution < -0.4 is 4.74 Å². The third-order valence-corrected chi connectivity index (χ3v) is 8.00. The predicted molar refractivity (Wildman–Crippen MR) is 131 cm³/mol. The Morgan fingerprint density at radius 3 is 2.69 bits per heavy atom. The van der Waals surface area contributed by atoms with Gasteiger partial charge in [0.25, 0.3) is 0 Å². The fraction of sp³-hybridized carbons (Fsp3) is 0.478. The largest absolute Gasteiger partial charge is 0.437 e. The van der Waals surface area contributed by atoms with Crippen molar-refractivity contribution >= 4 is 32.7 Å². The molecule has 5 rings (SSSR count). The molecule has 1 aromatic carbocycles. The predicted octanol–water partition coefficient (Wildman–Crippen LogP) is 2.67. The Kier molecular flexibility index (Phi) is 6.63. The minimum atomic E-state index is -3.17. The Hall–Kier alpha value is -2.78. The van der Waals surface area contributed by atoms with Crippen LogP contribution in [0.3, 0.4) is 0 Å². The van der Waals surface area contributed by atoms with Gasteiger partial charge in [0.2, 0.25) is 15.9 Å². The van der Waals surface area contributed by atoms with Crippen molar-refractivity contribution in [1.82, 2.24) is 29.2 Å². The number of ether oxygens (including phenoxy) is 1. The molecule has 0 atom stereocenters. The van der Waals surface area contributed by atoms with E-state index in [-0.39, 0.29) is 0 Å². The monoisotopic (exact) mass is 515 g/mol. The molecule has 0 spiro atoms. The summed E-state index contributed by atoms with van der Waals surface area (Å²) >= 11 is 6.22. The van der Waals surface area contributed by atoms with Crippen LogP contribution in [0.25, 0.3) is 11.0 Å². The fourth-order valence-electron chi connectivity index (χ4n) is 4.30. The molecule has 3 heterocycles. The van der Waals surface area contributed by atoms with Gasteiger partial charge in [0.05, 0.1) is 16.8 Å². The van der Waals surface area contributed by atoms with Crippen LogP contribution in [-0.4, -0.2) is 76.6 Å². The van der Waals surface area contributed by atoms with E-state index < -0.39 is 10.0 Å². The maximum Gasteiger partial charge on any atom is 0.222 e. The summed E-state index contributed by atoms with van der Waals surface area (Å²) in [4.78, 5) is 6.58. The van der Waals surface area contributed by atoms with E-state index in [1.807, 2.05) is 16.8 Å². The molecule has 0 bridgehead atoms. The molecule has 1 saturated heterocycles. The summed E-state index contributed by atoms with van der Waals surface area (Å²) in [6.45, 7) is 3.77. The zero-order valence-electron chi connectivity index (χ0n) is 19.4. The Balaban J connectivity index is 1.32. The number of benzene rings is 1. The summed E-state index contributed by atoms with van der Waals surface area (Å²) in [5, 5.41) is 18.8. The van der Waals surface area contributed by atoms with Gasteiger partial charge in [0, 0.05) is 51.0 Å². The van der Waals surface area contributed by atoms with E-state index in [0.29, 0.717) is 72.8 Å². The van der Waals surface area contributed by atoms with Gasteiger partial charge in [-0.1, -0.05) is 16.8 Å². The van der Waals surface area contributed by atoms with E-state index in [1.54, 1.807) is 6.07 Å². The molecule has 0 unspecified atom stereocenters. The van der Waals surface area contributed by atoms with Crippen LogP contribution in [0.1, 0.15) is 24.0 Å². The summed E-state index contributed by atoms with van der Waals surface area (Å²) in [6.07, 6.45) is 5.77. The summed E-state index contributed by atoms with van der Waals surface area (Å²) in [5.74, 6) is 1.39. The number of nitrogens with zero attached hydrogens (tertiary/aromatic N) is 7. The lowest BCUT2D eigenvalue weighted by Gasteiger charge is -2.33. The third-order valence-electron chi connectivity index (χ3n) is 6.49. The van der Waals surface area contributed by atoms with E-state index in [9.17, 15) is 13.7 Å². The lowest BCUT2D eigenvalue weighted by atomic mass is 10.1. The lowest BCUT2D eigenvalue weighted by Crippen LogP contribution is -2.48. The number of halogens is 1. The van der Waals surface area contributed by atoms with Crippen LogP contribution in [0.5, 0.6) is 11.6 Å². The third kappa shape index (κ3) is 5.41. The highest BCUT2D eigenvalue weighted by molar-refractivity contribution is 7.88. The lowest BCUT2D eigenvalue weighted by molar-refractivity contribution is 0.190. The number of fused-ring (bicyclic) bond motifs is 1. The Morgan fingerprint density at radius 2 is 2.00 bits per heavy atom. The maximum absolute atomic E-state index is 11.7. The van der Waals surface area contributed by atoms with E-state index >= 15 is 0 Å². The number of hydrogen-bond acceptors (Lipinski definition) is 8. The molecule has 0 amide bonds. The van der Waals surface area contributed by atoms with Crippen LogP contribution >= 0.6 is 11.6 Å². The van der Waals surface area contributed by atoms with Gasteiger partial charge in [-0.25, -0.2) is 18.1 Å². The van der Waals surface area contributed by atoms with Gasteiger partial charge in [-0.3, -0.25) is 0 Å². The van der Waals surface area contributed by atoms with E-state index in [2.05, 4.69) is 26.3 Å². The second kappa shape index (κ2) is 9.70. The molecule has 2 fully saturated rings. The normalized spacial score (nSPS) is 17.5. The Morgan fingerprint density at radius 1 is 1.23 bits per heavy atom. The molecule has 0 N–H and O–H groups in total. The molecular weight excluding hydrogens is 490 g/mol. The van der Waals surface area contributed by atoms with Crippen LogP contribution in [0, 0.1) is 17.2 Å². The van der Waals surface area contributed by atoms with Gasteiger partial charge in [0.1, 0.15) is 22.9 Å². The molecular formula is C23H26ClN7O3S. The SMILES string of the molecule is CS(=O)(=O)N1CCN(CCc2cc(Cl)cnc2Oc2ccc3c(nnn3CC3CC3)c2C#N)CC1. The van der Waals surface area contributed by atoms with Gasteiger partial charge in [-0.05, 0) is 43.4 Å². The van der Waals surface area contributed by atoms with E-state index in [1.165, 1.54) is 29.6 Å². The molecule has 1 aliphatic heterocycles. The number of hydrogen-bond donors (Lipinski definition) is 0. The molecule has 184 valence electrons. The molecule has 12 heteroatoms. The van der Waals surface area contributed by atoms with Crippen molar-refractivity contribution in [3.63, 3.8) is 0 Å². The van der Waals surface area contributed by atoms with Crippen molar-refractivity contribution in [1.29, 1.82) is 5.26 Å². The van der Waals surface area contributed by atoms with Crippen molar-refractivity contribution in [2.75, 3.05) is 39.0 Å². The molecule has 3 aromatic rings. The fourth-order valence-corrected chi connectivity index (χ4v) is 5.31. The zero-order chi connectivity index (χ0) is 24.6. The molecule has 10 nitrogen and oxygen atoms in total. The summed E-state index contributed by atoms with van der Waals surface area (Å²) in [5.41, 5.74) is 2.47. The summed E-state index contributed by atoms with van der Waals surface area (Å²) in [7, 11) is -3.17. The van der Waals surface area contributed by atoms with Crippen LogP contribution in [0.4, 0.5) is 0 Å². The number of nitriles is 1. The average Bonchev–Trinajstić information content (AvgIpc) is 3.56. The minimum absolute atomic E-state index is 0.323. The first-order chi connectivity index (χ1) is 16.8. The first kappa shape index (κ1) is 23.9. The average molecular weight is 516 g/mol. The van der Waals surface area contributed by atoms with Crippen molar-refractivity contribution in [2.24, 2.45) is 5.92 Å². The highest BCUT2D eigenvalue weighted by Crippen LogP contribution is 2.34. The first-order valence-corrected chi connectivity index (χ1v) is 13.8. The van der Waals surface area contributed by atoms with Crippen LogP contribution in [-0.2, 0) is 23.0 Å². The van der Waals surface area contributed by atoms with Crippen molar-refractivity contribution < 1.29 is 13.2 Å².